The van der Waals surface area contributed by atoms with Gasteiger partial charge in [-0.2, -0.15) is 0 Å². The quantitative estimate of drug-likeness (QED) is 0.837. The minimum Gasteiger partial charge on any atom is -0.387 e. The van der Waals surface area contributed by atoms with E-state index in [1.165, 1.54) is 29.0 Å². The molecule has 0 radical (unpaired) electrons. The number of rotatable bonds is 2. The summed E-state index contributed by atoms with van der Waals surface area (Å²) in [5.41, 5.74) is 0.209. The first-order chi connectivity index (χ1) is 7.95. The number of thiophene rings is 1. The third-order valence-electron chi connectivity index (χ3n) is 4.38. The van der Waals surface area contributed by atoms with Crippen LogP contribution in [0.15, 0.2) is 12.1 Å². The lowest BCUT2D eigenvalue weighted by atomic mass is 9.94. The molecular weight excluding hydrogens is 228 g/mol. The van der Waals surface area contributed by atoms with E-state index < -0.39 is 0 Å². The number of hydrogen-bond acceptors (Lipinski definition) is 2. The highest BCUT2D eigenvalue weighted by Crippen LogP contribution is 2.57. The molecule has 2 fully saturated rings. The van der Waals surface area contributed by atoms with Gasteiger partial charge in [0.2, 0.25) is 0 Å². The Kier molecular flexibility index (Phi) is 2.64. The molecule has 1 heterocycles. The fourth-order valence-corrected chi connectivity index (χ4v) is 4.31. The second-order valence-electron chi connectivity index (χ2n) is 6.88. The van der Waals surface area contributed by atoms with Crippen molar-refractivity contribution in [1.29, 1.82) is 0 Å². The fourth-order valence-electron chi connectivity index (χ4n) is 3.17. The number of aliphatic hydroxyl groups excluding tert-OH is 1. The molecule has 94 valence electrons. The van der Waals surface area contributed by atoms with Crippen LogP contribution in [0, 0.1) is 17.8 Å². The standard InChI is InChI=1S/C15H22OS/c1-15(2,3)13-5-4-12(17-13)14(16)11-7-9-6-10(9)8-11/h4-5,9-11,14,16H,6-8H2,1-3H3. The van der Waals surface area contributed by atoms with Crippen LogP contribution >= 0.6 is 11.3 Å². The van der Waals surface area contributed by atoms with Gasteiger partial charge >= 0.3 is 0 Å². The van der Waals surface area contributed by atoms with E-state index in [1.54, 1.807) is 11.3 Å². The van der Waals surface area contributed by atoms with Gasteiger partial charge < -0.3 is 5.11 Å². The molecule has 1 aromatic rings. The van der Waals surface area contributed by atoms with Gasteiger partial charge in [-0.1, -0.05) is 20.8 Å². The lowest BCUT2D eigenvalue weighted by molar-refractivity contribution is 0.108. The molecule has 0 bridgehead atoms. The molecule has 1 nitrogen and oxygen atoms in total. The minimum absolute atomic E-state index is 0.205. The van der Waals surface area contributed by atoms with E-state index in [-0.39, 0.29) is 11.5 Å². The van der Waals surface area contributed by atoms with Crippen molar-refractivity contribution in [2.45, 2.75) is 51.6 Å². The van der Waals surface area contributed by atoms with E-state index in [2.05, 4.69) is 32.9 Å². The van der Waals surface area contributed by atoms with Crippen molar-refractivity contribution in [2.24, 2.45) is 17.8 Å². The Morgan fingerprint density at radius 3 is 2.35 bits per heavy atom. The SMILES string of the molecule is CC(C)(C)c1ccc(C(O)C2CC3CC3C2)s1. The molecule has 0 amide bonds. The Hall–Kier alpha value is -0.340. The van der Waals surface area contributed by atoms with Crippen molar-refractivity contribution in [3.05, 3.63) is 21.9 Å². The van der Waals surface area contributed by atoms with Gasteiger partial charge in [0.15, 0.2) is 0 Å². The molecule has 2 saturated carbocycles. The molecule has 2 heteroatoms. The van der Waals surface area contributed by atoms with E-state index >= 15 is 0 Å². The zero-order valence-corrected chi connectivity index (χ0v) is 11.8. The van der Waals surface area contributed by atoms with Crippen LogP contribution in [0.2, 0.25) is 0 Å². The maximum Gasteiger partial charge on any atom is 0.0910 e. The second kappa shape index (κ2) is 3.83. The Labute approximate surface area is 108 Å². The largest absolute Gasteiger partial charge is 0.387 e. The third kappa shape index (κ3) is 2.17. The van der Waals surface area contributed by atoms with E-state index in [4.69, 9.17) is 0 Å². The van der Waals surface area contributed by atoms with Crippen molar-refractivity contribution >= 4 is 11.3 Å². The van der Waals surface area contributed by atoms with E-state index in [1.807, 2.05) is 0 Å². The molecule has 1 N–H and O–H groups in total. The van der Waals surface area contributed by atoms with E-state index in [0.717, 1.165) is 11.8 Å². The second-order valence-corrected chi connectivity index (χ2v) is 8.00. The van der Waals surface area contributed by atoms with Crippen molar-refractivity contribution in [2.75, 3.05) is 0 Å². The van der Waals surface area contributed by atoms with Crippen LogP contribution < -0.4 is 0 Å². The summed E-state index contributed by atoms with van der Waals surface area (Å²) < 4.78 is 0. The monoisotopic (exact) mass is 250 g/mol. The molecule has 17 heavy (non-hydrogen) atoms. The maximum atomic E-state index is 10.4. The third-order valence-corrected chi connectivity index (χ3v) is 5.97. The summed E-state index contributed by atoms with van der Waals surface area (Å²) in [5, 5.41) is 10.4. The summed E-state index contributed by atoms with van der Waals surface area (Å²) in [6.07, 6.45) is 3.74. The Balaban J connectivity index is 1.73. The zero-order chi connectivity index (χ0) is 12.2. The van der Waals surface area contributed by atoms with Crippen LogP contribution in [0.5, 0.6) is 0 Å². The van der Waals surface area contributed by atoms with Gasteiger partial charge in [0.1, 0.15) is 0 Å². The summed E-state index contributed by atoms with van der Waals surface area (Å²) >= 11 is 1.80. The molecule has 0 aromatic carbocycles. The Morgan fingerprint density at radius 2 is 1.82 bits per heavy atom. The molecule has 0 spiro atoms. The van der Waals surface area contributed by atoms with Crippen LogP contribution in [-0.2, 0) is 5.41 Å². The molecule has 2 aliphatic carbocycles. The van der Waals surface area contributed by atoms with Crippen LogP contribution in [-0.4, -0.2) is 5.11 Å². The number of hydrogen-bond donors (Lipinski definition) is 1. The van der Waals surface area contributed by atoms with E-state index in [0.29, 0.717) is 5.92 Å². The normalized spacial score (nSPS) is 33.5. The highest BCUT2D eigenvalue weighted by Gasteiger charge is 2.48. The summed E-state index contributed by atoms with van der Waals surface area (Å²) in [4.78, 5) is 2.57. The molecule has 3 atom stereocenters. The maximum absolute atomic E-state index is 10.4. The highest BCUT2D eigenvalue weighted by molar-refractivity contribution is 7.12. The zero-order valence-electron chi connectivity index (χ0n) is 10.9. The molecule has 3 rings (SSSR count). The van der Waals surface area contributed by atoms with Crippen LogP contribution in [0.4, 0.5) is 0 Å². The van der Waals surface area contributed by atoms with Crippen LogP contribution in [0.1, 0.15) is 55.9 Å². The van der Waals surface area contributed by atoms with Gasteiger partial charge in [-0.05, 0) is 54.6 Å². The number of aliphatic hydroxyl groups is 1. The van der Waals surface area contributed by atoms with E-state index in [9.17, 15) is 5.11 Å². The lowest BCUT2D eigenvalue weighted by Gasteiger charge is -2.19. The van der Waals surface area contributed by atoms with Crippen LogP contribution in [0.25, 0.3) is 0 Å². The van der Waals surface area contributed by atoms with Gasteiger partial charge in [0, 0.05) is 9.75 Å². The summed E-state index contributed by atoms with van der Waals surface area (Å²) in [5.74, 6) is 2.44. The van der Waals surface area contributed by atoms with Gasteiger partial charge in [-0.3, -0.25) is 0 Å². The highest BCUT2D eigenvalue weighted by atomic mass is 32.1. The topological polar surface area (TPSA) is 20.2 Å². The molecule has 3 unspecified atom stereocenters. The Bertz CT molecular complexity index is 405. The van der Waals surface area contributed by atoms with Crippen molar-refractivity contribution < 1.29 is 5.11 Å². The van der Waals surface area contributed by atoms with Gasteiger partial charge in [-0.15, -0.1) is 11.3 Å². The predicted molar refractivity (Wildman–Crippen MR) is 72.3 cm³/mol. The van der Waals surface area contributed by atoms with Gasteiger partial charge in [-0.25, -0.2) is 0 Å². The van der Waals surface area contributed by atoms with Gasteiger partial charge in [0.05, 0.1) is 6.10 Å². The first kappa shape index (κ1) is 11.7. The average molecular weight is 250 g/mol. The van der Waals surface area contributed by atoms with Crippen LogP contribution in [0.3, 0.4) is 0 Å². The summed E-state index contributed by atoms with van der Waals surface area (Å²) in [6.45, 7) is 6.71. The summed E-state index contributed by atoms with van der Waals surface area (Å²) in [7, 11) is 0. The fraction of sp³-hybridized carbons (Fsp3) is 0.733. The first-order valence-corrected chi connectivity index (χ1v) is 7.55. The average Bonchev–Trinajstić information content (AvgIpc) is 2.71. The lowest BCUT2D eigenvalue weighted by Crippen LogP contribution is -2.10. The molecular formula is C15H22OS. The van der Waals surface area contributed by atoms with Crippen molar-refractivity contribution in [3.63, 3.8) is 0 Å². The Morgan fingerprint density at radius 1 is 1.18 bits per heavy atom. The predicted octanol–water partition coefficient (Wildman–Crippen LogP) is 4.13. The molecule has 0 saturated heterocycles. The minimum atomic E-state index is -0.205. The first-order valence-electron chi connectivity index (χ1n) is 6.73. The molecule has 2 aliphatic rings. The summed E-state index contributed by atoms with van der Waals surface area (Å²) in [6, 6.07) is 4.33. The number of fused-ring (bicyclic) bond motifs is 1. The van der Waals surface area contributed by atoms with Crippen molar-refractivity contribution in [3.8, 4) is 0 Å². The van der Waals surface area contributed by atoms with Crippen molar-refractivity contribution in [1.82, 2.24) is 0 Å². The van der Waals surface area contributed by atoms with Gasteiger partial charge in [0.25, 0.3) is 0 Å². The molecule has 1 aromatic heterocycles. The smallest absolute Gasteiger partial charge is 0.0910 e. The molecule has 0 aliphatic heterocycles.